The molecule has 100 valence electrons. The highest BCUT2D eigenvalue weighted by Gasteiger charge is 2.21. The summed E-state index contributed by atoms with van der Waals surface area (Å²) in [5.74, 6) is 1.40. The molecule has 0 spiro atoms. The van der Waals surface area contributed by atoms with Gasteiger partial charge in [-0.3, -0.25) is 0 Å². The van der Waals surface area contributed by atoms with Crippen molar-refractivity contribution in [3.05, 3.63) is 28.4 Å². The van der Waals surface area contributed by atoms with Crippen LogP contribution in [-0.2, 0) is 17.8 Å². The fourth-order valence-electron chi connectivity index (χ4n) is 2.39. The SMILES string of the molecule is COc1ccc(OC)c2c(Cl)c3c(nc12)CCOC3. The maximum absolute atomic E-state index is 6.52. The van der Waals surface area contributed by atoms with E-state index < -0.39 is 0 Å². The monoisotopic (exact) mass is 279 g/mol. The molecular weight excluding hydrogens is 266 g/mol. The molecule has 0 fully saturated rings. The summed E-state index contributed by atoms with van der Waals surface area (Å²) in [6, 6.07) is 3.68. The van der Waals surface area contributed by atoms with Crippen molar-refractivity contribution in [3.63, 3.8) is 0 Å². The zero-order valence-electron chi connectivity index (χ0n) is 10.8. The van der Waals surface area contributed by atoms with Crippen LogP contribution in [0, 0.1) is 0 Å². The van der Waals surface area contributed by atoms with E-state index in [0.717, 1.165) is 28.6 Å². The van der Waals surface area contributed by atoms with Crippen LogP contribution < -0.4 is 9.47 Å². The lowest BCUT2D eigenvalue weighted by molar-refractivity contribution is 0.109. The number of pyridine rings is 1. The highest BCUT2D eigenvalue weighted by molar-refractivity contribution is 6.37. The molecule has 0 unspecified atom stereocenters. The van der Waals surface area contributed by atoms with Crippen molar-refractivity contribution in [2.75, 3.05) is 20.8 Å². The molecule has 0 saturated heterocycles. The van der Waals surface area contributed by atoms with Crippen LogP contribution in [-0.4, -0.2) is 25.8 Å². The Morgan fingerprint density at radius 2 is 1.95 bits per heavy atom. The van der Waals surface area contributed by atoms with Crippen molar-refractivity contribution in [2.24, 2.45) is 0 Å². The Morgan fingerprint density at radius 1 is 1.21 bits per heavy atom. The summed E-state index contributed by atoms with van der Waals surface area (Å²) < 4.78 is 16.2. The Labute approximate surface area is 116 Å². The lowest BCUT2D eigenvalue weighted by Crippen LogP contribution is -2.13. The molecule has 2 heterocycles. The minimum absolute atomic E-state index is 0.497. The lowest BCUT2D eigenvalue weighted by atomic mass is 10.0. The number of rotatable bonds is 2. The first kappa shape index (κ1) is 12.5. The molecule has 19 heavy (non-hydrogen) atoms. The van der Waals surface area contributed by atoms with Crippen LogP contribution in [0.15, 0.2) is 12.1 Å². The molecule has 4 nitrogen and oxygen atoms in total. The Kier molecular flexibility index (Phi) is 3.21. The van der Waals surface area contributed by atoms with E-state index in [1.54, 1.807) is 14.2 Å². The van der Waals surface area contributed by atoms with Crippen molar-refractivity contribution in [3.8, 4) is 11.5 Å². The number of halogens is 1. The topological polar surface area (TPSA) is 40.6 Å². The van der Waals surface area contributed by atoms with E-state index in [1.165, 1.54) is 0 Å². The van der Waals surface area contributed by atoms with Gasteiger partial charge >= 0.3 is 0 Å². The zero-order chi connectivity index (χ0) is 13.4. The van der Waals surface area contributed by atoms with Gasteiger partial charge < -0.3 is 14.2 Å². The average Bonchev–Trinajstić information content (AvgIpc) is 2.46. The second-order valence-electron chi connectivity index (χ2n) is 4.35. The number of hydrogen-bond acceptors (Lipinski definition) is 4. The molecule has 1 aliphatic rings. The number of benzene rings is 1. The normalized spacial score (nSPS) is 14.3. The molecule has 0 amide bonds. The summed E-state index contributed by atoms with van der Waals surface area (Å²) >= 11 is 6.52. The Bertz CT molecular complexity index is 642. The highest BCUT2D eigenvalue weighted by Crippen LogP contribution is 2.40. The number of methoxy groups -OCH3 is 2. The largest absolute Gasteiger partial charge is 0.496 e. The molecule has 0 radical (unpaired) electrons. The minimum Gasteiger partial charge on any atom is -0.496 e. The summed E-state index contributed by atoms with van der Waals surface area (Å²) in [6.45, 7) is 1.17. The summed E-state index contributed by atoms with van der Waals surface area (Å²) in [6.07, 6.45) is 0.769. The molecule has 1 aliphatic heterocycles. The van der Waals surface area contributed by atoms with E-state index in [2.05, 4.69) is 4.98 Å². The fourth-order valence-corrected chi connectivity index (χ4v) is 2.73. The van der Waals surface area contributed by atoms with Crippen LogP contribution in [0.25, 0.3) is 10.9 Å². The van der Waals surface area contributed by atoms with Gasteiger partial charge in [-0.1, -0.05) is 11.6 Å². The Hall–Kier alpha value is -1.52. The van der Waals surface area contributed by atoms with Crippen LogP contribution >= 0.6 is 11.6 Å². The van der Waals surface area contributed by atoms with Gasteiger partial charge in [-0.2, -0.15) is 0 Å². The zero-order valence-corrected chi connectivity index (χ0v) is 11.6. The minimum atomic E-state index is 0.497. The quantitative estimate of drug-likeness (QED) is 0.847. The van der Waals surface area contributed by atoms with E-state index >= 15 is 0 Å². The number of hydrogen-bond donors (Lipinski definition) is 0. The maximum Gasteiger partial charge on any atom is 0.145 e. The molecule has 0 saturated carbocycles. The molecule has 3 rings (SSSR count). The van der Waals surface area contributed by atoms with Crippen LogP contribution in [0.5, 0.6) is 11.5 Å². The third-order valence-electron chi connectivity index (χ3n) is 3.35. The third kappa shape index (κ3) is 1.91. The van der Waals surface area contributed by atoms with Crippen LogP contribution in [0.1, 0.15) is 11.3 Å². The lowest BCUT2D eigenvalue weighted by Gasteiger charge is -2.20. The van der Waals surface area contributed by atoms with E-state index in [-0.39, 0.29) is 0 Å². The number of nitrogens with zero attached hydrogens (tertiary/aromatic N) is 1. The molecular formula is C14H14ClNO3. The summed E-state index contributed by atoms with van der Waals surface area (Å²) in [4.78, 5) is 4.69. The van der Waals surface area contributed by atoms with E-state index in [9.17, 15) is 0 Å². The van der Waals surface area contributed by atoms with Crippen molar-refractivity contribution in [1.82, 2.24) is 4.98 Å². The molecule has 1 aromatic carbocycles. The predicted molar refractivity (Wildman–Crippen MR) is 73.2 cm³/mol. The Balaban J connectivity index is 2.39. The molecule has 1 aromatic heterocycles. The second kappa shape index (κ2) is 4.87. The van der Waals surface area contributed by atoms with Crippen LogP contribution in [0.3, 0.4) is 0 Å². The molecule has 5 heteroatoms. The number of fused-ring (bicyclic) bond motifs is 2. The molecule has 0 bridgehead atoms. The first-order chi connectivity index (χ1) is 9.26. The van der Waals surface area contributed by atoms with Crippen molar-refractivity contribution < 1.29 is 14.2 Å². The van der Waals surface area contributed by atoms with E-state index in [4.69, 9.17) is 25.8 Å². The standard InChI is InChI=1S/C14H14ClNO3/c1-17-10-3-4-11(18-2)14-12(10)13(15)8-7-19-6-5-9(8)16-14/h3-4H,5-7H2,1-2H3. The maximum atomic E-state index is 6.52. The first-order valence-corrected chi connectivity index (χ1v) is 6.43. The van der Waals surface area contributed by atoms with Crippen molar-refractivity contribution in [2.45, 2.75) is 13.0 Å². The molecule has 0 atom stereocenters. The van der Waals surface area contributed by atoms with E-state index in [1.807, 2.05) is 12.1 Å². The van der Waals surface area contributed by atoms with Gasteiger partial charge in [0.1, 0.15) is 17.0 Å². The van der Waals surface area contributed by atoms with Gasteiger partial charge in [-0.25, -0.2) is 4.98 Å². The summed E-state index contributed by atoms with van der Waals surface area (Å²) in [5.41, 5.74) is 2.68. The van der Waals surface area contributed by atoms with E-state index in [0.29, 0.717) is 29.7 Å². The molecule has 0 N–H and O–H groups in total. The van der Waals surface area contributed by atoms with Crippen molar-refractivity contribution >= 4 is 22.5 Å². The van der Waals surface area contributed by atoms with Gasteiger partial charge in [0, 0.05) is 12.0 Å². The Morgan fingerprint density at radius 3 is 2.68 bits per heavy atom. The summed E-state index contributed by atoms with van der Waals surface area (Å²) in [5, 5.41) is 1.43. The first-order valence-electron chi connectivity index (χ1n) is 6.06. The second-order valence-corrected chi connectivity index (χ2v) is 4.73. The van der Waals surface area contributed by atoms with Crippen LogP contribution in [0.2, 0.25) is 5.02 Å². The van der Waals surface area contributed by atoms with Gasteiger partial charge in [0.2, 0.25) is 0 Å². The smallest absolute Gasteiger partial charge is 0.145 e. The van der Waals surface area contributed by atoms with Gasteiger partial charge in [0.15, 0.2) is 0 Å². The predicted octanol–water partition coefficient (Wildman–Crippen LogP) is 2.98. The summed E-state index contributed by atoms with van der Waals surface area (Å²) in [7, 11) is 3.24. The van der Waals surface area contributed by atoms with Crippen LogP contribution in [0.4, 0.5) is 0 Å². The van der Waals surface area contributed by atoms with Crippen molar-refractivity contribution in [1.29, 1.82) is 0 Å². The molecule has 0 aliphatic carbocycles. The molecule has 2 aromatic rings. The van der Waals surface area contributed by atoms with Gasteiger partial charge in [-0.05, 0) is 12.1 Å². The van der Waals surface area contributed by atoms with Gasteiger partial charge in [0.25, 0.3) is 0 Å². The average molecular weight is 280 g/mol. The number of aromatic nitrogens is 1. The van der Waals surface area contributed by atoms with Gasteiger partial charge in [-0.15, -0.1) is 0 Å². The van der Waals surface area contributed by atoms with Gasteiger partial charge in [0.05, 0.1) is 43.5 Å². The third-order valence-corrected chi connectivity index (χ3v) is 3.77. The fraction of sp³-hybridized carbons (Fsp3) is 0.357. The number of ether oxygens (including phenoxy) is 3. The highest BCUT2D eigenvalue weighted by atomic mass is 35.5.